The van der Waals surface area contributed by atoms with E-state index in [0.717, 1.165) is 30.9 Å². The Kier molecular flexibility index (Phi) is 5.18. The lowest BCUT2D eigenvalue weighted by atomic mass is 9.96. The van der Waals surface area contributed by atoms with Crippen molar-refractivity contribution in [3.05, 3.63) is 40.4 Å². The number of halogens is 4. The first-order valence-corrected chi connectivity index (χ1v) is 8.25. The van der Waals surface area contributed by atoms with Gasteiger partial charge in [0.15, 0.2) is 5.84 Å². The number of urea groups is 1. The van der Waals surface area contributed by atoms with Crippen LogP contribution in [0.3, 0.4) is 0 Å². The van der Waals surface area contributed by atoms with Gasteiger partial charge >= 0.3 is 18.0 Å². The van der Waals surface area contributed by atoms with Gasteiger partial charge in [-0.2, -0.15) is 18.4 Å². The summed E-state index contributed by atoms with van der Waals surface area (Å²) in [6.07, 6.45) is -4.04. The van der Waals surface area contributed by atoms with Gasteiger partial charge in [-0.3, -0.25) is 0 Å². The number of benzene rings is 1. The maximum Gasteiger partial charge on any atom is 0.447 e. The molecular weight excluding hydrogens is 374 g/mol. The van der Waals surface area contributed by atoms with Crippen molar-refractivity contribution in [2.24, 2.45) is 10.7 Å². The van der Waals surface area contributed by atoms with Crippen LogP contribution in [0.5, 0.6) is 0 Å². The number of nitrogens with two attached hydrogens (primary N) is 1. The molecule has 0 saturated heterocycles. The molecule has 1 atom stereocenters. The van der Waals surface area contributed by atoms with Gasteiger partial charge in [-0.1, -0.05) is 18.2 Å². The predicted molar refractivity (Wildman–Crippen MR) is 89.0 cm³/mol. The van der Waals surface area contributed by atoms with Crippen LogP contribution in [0.2, 0.25) is 0 Å². The lowest BCUT2D eigenvalue weighted by Gasteiger charge is -2.41. The lowest BCUT2D eigenvalue weighted by molar-refractivity contribution is -0.268. The zero-order valence-corrected chi connectivity index (χ0v) is 14.4. The van der Waals surface area contributed by atoms with E-state index in [1.54, 1.807) is 6.07 Å². The molecule has 11 heteroatoms. The van der Waals surface area contributed by atoms with Crippen molar-refractivity contribution in [3.63, 3.8) is 0 Å². The molecule has 2 amide bonds. The van der Waals surface area contributed by atoms with Gasteiger partial charge in [0, 0.05) is 12.6 Å². The summed E-state index contributed by atoms with van der Waals surface area (Å²) in [5.74, 6) is -5.06. The van der Waals surface area contributed by atoms with Crippen LogP contribution >= 0.6 is 11.8 Å². The fraction of sp³-hybridized carbons (Fsp3) is 0.267. The molecule has 3 N–H and O–H groups in total. The minimum absolute atomic E-state index is 0.205. The van der Waals surface area contributed by atoms with Crippen molar-refractivity contribution in [3.8, 4) is 6.07 Å². The van der Waals surface area contributed by atoms with Crippen LogP contribution in [0.1, 0.15) is 5.56 Å². The number of carbonyl (C=O) groups excluding carboxylic acids is 1. The molecule has 1 aliphatic heterocycles. The van der Waals surface area contributed by atoms with Crippen molar-refractivity contribution in [2.45, 2.75) is 12.0 Å². The number of hydrogen-bond donors (Lipinski definition) is 2. The van der Waals surface area contributed by atoms with Crippen molar-refractivity contribution >= 4 is 29.3 Å². The number of amidine groups is 1. The van der Waals surface area contributed by atoms with Crippen molar-refractivity contribution in [1.29, 1.82) is 5.26 Å². The molecule has 6 nitrogen and oxygen atoms in total. The van der Waals surface area contributed by atoms with Crippen molar-refractivity contribution < 1.29 is 22.4 Å². The third-order valence-corrected chi connectivity index (χ3v) is 4.25. The van der Waals surface area contributed by atoms with E-state index < -0.39 is 35.0 Å². The van der Waals surface area contributed by atoms with Crippen LogP contribution in [0.4, 0.5) is 28.0 Å². The van der Waals surface area contributed by atoms with Gasteiger partial charge in [0.05, 0.1) is 10.7 Å². The smallest absolute Gasteiger partial charge is 0.392 e. The Balaban J connectivity index is 2.94. The molecule has 1 aromatic carbocycles. The van der Waals surface area contributed by atoms with E-state index in [-0.39, 0.29) is 15.6 Å². The second-order valence-electron chi connectivity index (χ2n) is 5.02. The van der Waals surface area contributed by atoms with Gasteiger partial charge in [0.25, 0.3) is 0 Å². The van der Waals surface area contributed by atoms with E-state index in [4.69, 9.17) is 5.73 Å². The Labute approximate surface area is 150 Å². The second kappa shape index (κ2) is 6.87. The average Bonchev–Trinajstić information content (AvgIpc) is 2.60. The Morgan fingerprint density at radius 1 is 1.42 bits per heavy atom. The molecule has 0 fully saturated rings. The van der Waals surface area contributed by atoms with E-state index in [0.29, 0.717) is 0 Å². The number of hydrogen-bond acceptors (Lipinski definition) is 5. The third-order valence-electron chi connectivity index (χ3n) is 3.60. The summed E-state index contributed by atoms with van der Waals surface area (Å²) in [5, 5.41) is 11.1. The summed E-state index contributed by atoms with van der Waals surface area (Å²) in [6, 6.07) is 4.76. The highest BCUT2D eigenvalue weighted by molar-refractivity contribution is 8.02. The number of carbonyl (C=O) groups is 1. The molecule has 26 heavy (non-hydrogen) atoms. The lowest BCUT2D eigenvalue weighted by Crippen LogP contribution is -2.61. The first-order valence-electron chi connectivity index (χ1n) is 7.03. The number of fused-ring (bicyclic) bond motifs is 1. The minimum atomic E-state index is -5.51. The van der Waals surface area contributed by atoms with E-state index in [1.807, 2.05) is 5.32 Å². The Bertz CT molecular complexity index is 845. The molecule has 0 aromatic heterocycles. The fourth-order valence-electron chi connectivity index (χ4n) is 2.39. The molecule has 0 bridgehead atoms. The number of rotatable bonds is 2. The highest BCUT2D eigenvalue weighted by Crippen LogP contribution is 2.51. The van der Waals surface area contributed by atoms with E-state index >= 15 is 4.39 Å². The van der Waals surface area contributed by atoms with Crippen LogP contribution in [0.25, 0.3) is 0 Å². The highest BCUT2D eigenvalue weighted by Gasteiger charge is 2.66. The van der Waals surface area contributed by atoms with Gasteiger partial charge in [-0.05, 0) is 12.3 Å². The first kappa shape index (κ1) is 19.6. The first-order chi connectivity index (χ1) is 12.1. The number of nitriles is 1. The molecule has 138 valence electrons. The third kappa shape index (κ3) is 2.86. The number of amides is 2. The van der Waals surface area contributed by atoms with Crippen LogP contribution in [-0.4, -0.2) is 36.2 Å². The van der Waals surface area contributed by atoms with Crippen LogP contribution in [-0.2, 0) is 5.79 Å². The van der Waals surface area contributed by atoms with Crippen LogP contribution < -0.4 is 11.1 Å². The number of aliphatic imine (C=N–C) groups is 1. The average molecular weight is 387 g/mol. The Morgan fingerprint density at radius 3 is 2.54 bits per heavy atom. The molecular formula is C15H13F4N5OS. The molecule has 0 spiro atoms. The van der Waals surface area contributed by atoms with Crippen molar-refractivity contribution in [2.75, 3.05) is 13.3 Å². The number of nitrogens with zero attached hydrogens (tertiary/aromatic N) is 3. The number of nitrogens with one attached hydrogen (secondary N) is 1. The topological polar surface area (TPSA) is 94.5 Å². The van der Waals surface area contributed by atoms with Gasteiger partial charge in [0.2, 0.25) is 0 Å². The van der Waals surface area contributed by atoms with Crippen LogP contribution in [0.15, 0.2) is 39.9 Å². The molecule has 0 aliphatic carbocycles. The Hall–Kier alpha value is -2.74. The SMILES string of the molecule is CNC(=O)N1C(C(C#N)=C(N)SC)=Nc2ccccc2C1(F)C(F)(F)F. The highest BCUT2D eigenvalue weighted by atomic mass is 32.2. The number of thioether (sulfide) groups is 1. The molecule has 2 rings (SSSR count). The zero-order chi connectivity index (χ0) is 19.7. The molecule has 1 aliphatic rings. The maximum absolute atomic E-state index is 15.6. The second-order valence-corrected chi connectivity index (χ2v) is 5.87. The van der Waals surface area contributed by atoms with E-state index in [9.17, 15) is 23.2 Å². The summed E-state index contributed by atoms with van der Waals surface area (Å²) in [4.78, 5) is 15.9. The predicted octanol–water partition coefficient (Wildman–Crippen LogP) is 3.11. The number of para-hydroxylation sites is 1. The summed E-state index contributed by atoms with van der Waals surface area (Å²) in [6.45, 7) is 0. The molecule has 1 heterocycles. The van der Waals surface area contributed by atoms with Crippen molar-refractivity contribution in [1.82, 2.24) is 10.2 Å². The molecule has 1 unspecified atom stereocenters. The Morgan fingerprint density at radius 2 is 2.04 bits per heavy atom. The van der Waals surface area contributed by atoms with Gasteiger partial charge in [-0.15, -0.1) is 11.8 Å². The molecule has 1 aromatic rings. The minimum Gasteiger partial charge on any atom is -0.392 e. The van der Waals surface area contributed by atoms with Gasteiger partial charge < -0.3 is 11.1 Å². The van der Waals surface area contributed by atoms with E-state index in [1.165, 1.54) is 18.4 Å². The normalized spacial score (nSPS) is 20.5. The summed E-state index contributed by atoms with van der Waals surface area (Å²) >= 11 is 0.853. The standard InChI is InChI=1S/C15H13F4N5OS/c1-22-13(25)24-12(8(7-20)11(21)26-2)23-10-6-4-3-5-9(10)14(24,16)15(17,18)19/h3-6H,21H2,1-2H3,(H,22,25). The van der Waals surface area contributed by atoms with Crippen LogP contribution in [0, 0.1) is 11.3 Å². The largest absolute Gasteiger partial charge is 0.447 e. The summed E-state index contributed by atoms with van der Waals surface area (Å²) in [5.41, 5.74) is 3.90. The zero-order valence-electron chi connectivity index (χ0n) is 13.6. The van der Waals surface area contributed by atoms with Gasteiger partial charge in [0.1, 0.15) is 11.6 Å². The monoisotopic (exact) mass is 387 g/mol. The van der Waals surface area contributed by atoms with E-state index in [2.05, 4.69) is 4.99 Å². The maximum atomic E-state index is 15.6. The fourth-order valence-corrected chi connectivity index (χ4v) is 2.74. The summed E-state index contributed by atoms with van der Waals surface area (Å²) < 4.78 is 56.9. The summed E-state index contributed by atoms with van der Waals surface area (Å²) in [7, 11) is 1.03. The molecule has 0 saturated carbocycles. The number of alkyl halides is 4. The molecule has 0 radical (unpaired) electrons. The van der Waals surface area contributed by atoms with Gasteiger partial charge in [-0.25, -0.2) is 19.1 Å². The quantitative estimate of drug-likeness (QED) is 0.463.